The topological polar surface area (TPSA) is 0 Å². The highest BCUT2D eigenvalue weighted by Gasteiger charge is 2.00. The van der Waals surface area contributed by atoms with E-state index >= 15 is 0 Å². The highest BCUT2D eigenvalue weighted by Crippen LogP contribution is 2.18. The Morgan fingerprint density at radius 2 is 1.60 bits per heavy atom. The molecule has 0 fully saturated rings. The summed E-state index contributed by atoms with van der Waals surface area (Å²) >= 11 is 3.28. The number of rotatable bonds is 0. The second kappa shape index (κ2) is 2.70. The summed E-state index contributed by atoms with van der Waals surface area (Å²) in [6, 6.07) is 3.53. The van der Waals surface area contributed by atoms with Crippen LogP contribution < -0.4 is 0 Å². The van der Waals surface area contributed by atoms with Crippen LogP contribution >= 0.6 is 15.9 Å². The molecular formula is C8H8BrF. The van der Waals surface area contributed by atoms with E-state index in [4.69, 9.17) is 0 Å². The predicted octanol–water partition coefficient (Wildman–Crippen LogP) is 3.21. The maximum atomic E-state index is 12.9. The Morgan fingerprint density at radius 3 is 2.00 bits per heavy atom. The number of hydrogen-bond acceptors (Lipinski definition) is 0. The first-order valence-electron chi connectivity index (χ1n) is 3.03. The third kappa shape index (κ3) is 1.37. The number of aryl methyl sites for hydroxylation is 2. The lowest BCUT2D eigenvalue weighted by Gasteiger charge is -2.00. The minimum atomic E-state index is -0.108. The summed E-state index contributed by atoms with van der Waals surface area (Å²) in [6.45, 7) is 3.51. The van der Waals surface area contributed by atoms with E-state index in [0.29, 0.717) is 11.1 Å². The molecule has 1 aromatic rings. The first-order chi connectivity index (χ1) is 4.61. The van der Waals surface area contributed by atoms with Crippen LogP contribution in [0.4, 0.5) is 4.39 Å². The van der Waals surface area contributed by atoms with Crippen molar-refractivity contribution in [1.82, 2.24) is 0 Å². The molecule has 0 radical (unpaired) electrons. The van der Waals surface area contributed by atoms with Gasteiger partial charge in [-0.3, -0.25) is 0 Å². The van der Waals surface area contributed by atoms with Crippen molar-refractivity contribution in [2.75, 3.05) is 0 Å². The minimum Gasteiger partial charge on any atom is -0.206 e. The van der Waals surface area contributed by atoms with E-state index in [2.05, 4.69) is 15.9 Å². The normalized spacial score (nSPS) is 10.0. The standard InChI is InChI=1S/C8H8BrF/c1-5-3-7(9)4-6(2)8(5)10/h3-4H,1-2H3. The summed E-state index contributed by atoms with van der Waals surface area (Å²) in [6.07, 6.45) is 0. The zero-order chi connectivity index (χ0) is 7.72. The molecule has 0 aliphatic heterocycles. The van der Waals surface area contributed by atoms with Crippen LogP contribution in [0.2, 0.25) is 0 Å². The van der Waals surface area contributed by atoms with Crippen LogP contribution in [-0.4, -0.2) is 0 Å². The van der Waals surface area contributed by atoms with Crippen LogP contribution in [0.25, 0.3) is 0 Å². The first-order valence-corrected chi connectivity index (χ1v) is 3.83. The quantitative estimate of drug-likeness (QED) is 0.607. The van der Waals surface area contributed by atoms with Crippen molar-refractivity contribution in [2.24, 2.45) is 0 Å². The Labute approximate surface area is 68.2 Å². The van der Waals surface area contributed by atoms with Crippen LogP contribution in [0.1, 0.15) is 11.1 Å². The SMILES string of the molecule is Cc1cc(Br)cc(C)c1F. The molecule has 0 aliphatic rings. The molecule has 10 heavy (non-hydrogen) atoms. The van der Waals surface area contributed by atoms with Gasteiger partial charge in [0.05, 0.1) is 0 Å². The van der Waals surface area contributed by atoms with Crippen molar-refractivity contribution in [1.29, 1.82) is 0 Å². The van der Waals surface area contributed by atoms with Crippen LogP contribution in [0, 0.1) is 19.7 Å². The Kier molecular flexibility index (Phi) is 2.09. The number of hydrogen-bond donors (Lipinski definition) is 0. The lowest BCUT2D eigenvalue weighted by molar-refractivity contribution is 0.609. The fourth-order valence-electron chi connectivity index (χ4n) is 0.893. The fourth-order valence-corrected chi connectivity index (χ4v) is 1.58. The molecular weight excluding hydrogens is 195 g/mol. The summed E-state index contributed by atoms with van der Waals surface area (Å²) in [4.78, 5) is 0. The van der Waals surface area contributed by atoms with Crippen LogP contribution in [-0.2, 0) is 0 Å². The van der Waals surface area contributed by atoms with E-state index in [1.165, 1.54) is 0 Å². The second-order valence-corrected chi connectivity index (χ2v) is 3.27. The maximum absolute atomic E-state index is 12.9. The lowest BCUT2D eigenvalue weighted by atomic mass is 10.1. The van der Waals surface area contributed by atoms with Crippen molar-refractivity contribution in [3.63, 3.8) is 0 Å². The van der Waals surface area contributed by atoms with E-state index in [0.717, 1.165) is 4.47 Å². The smallest absolute Gasteiger partial charge is 0.129 e. The zero-order valence-electron chi connectivity index (χ0n) is 5.91. The Morgan fingerprint density at radius 1 is 1.20 bits per heavy atom. The number of halogens is 2. The molecule has 1 rings (SSSR count). The molecule has 0 aromatic heterocycles. The van der Waals surface area contributed by atoms with E-state index in [1.807, 2.05) is 0 Å². The third-order valence-electron chi connectivity index (χ3n) is 1.40. The van der Waals surface area contributed by atoms with Gasteiger partial charge >= 0.3 is 0 Å². The van der Waals surface area contributed by atoms with Crippen molar-refractivity contribution < 1.29 is 4.39 Å². The van der Waals surface area contributed by atoms with Gasteiger partial charge in [-0.25, -0.2) is 4.39 Å². The van der Waals surface area contributed by atoms with Gasteiger partial charge in [0.1, 0.15) is 5.82 Å². The molecule has 0 nitrogen and oxygen atoms in total. The molecule has 0 unspecified atom stereocenters. The third-order valence-corrected chi connectivity index (χ3v) is 1.86. The van der Waals surface area contributed by atoms with Gasteiger partial charge < -0.3 is 0 Å². The molecule has 0 aliphatic carbocycles. The molecule has 0 saturated carbocycles. The van der Waals surface area contributed by atoms with Crippen molar-refractivity contribution in [2.45, 2.75) is 13.8 Å². The average Bonchev–Trinajstić information content (AvgIpc) is 1.82. The molecule has 2 heteroatoms. The minimum absolute atomic E-state index is 0.108. The second-order valence-electron chi connectivity index (χ2n) is 2.35. The molecule has 0 atom stereocenters. The molecule has 0 saturated heterocycles. The summed E-state index contributed by atoms with van der Waals surface area (Å²) < 4.78 is 13.8. The van der Waals surface area contributed by atoms with Crippen LogP contribution in [0.5, 0.6) is 0 Å². The summed E-state index contributed by atoms with van der Waals surface area (Å²) in [5.74, 6) is -0.108. The van der Waals surface area contributed by atoms with Gasteiger partial charge in [0, 0.05) is 4.47 Å². The monoisotopic (exact) mass is 202 g/mol. The molecule has 0 amide bonds. The Bertz CT molecular complexity index is 232. The summed E-state index contributed by atoms with van der Waals surface area (Å²) in [5, 5.41) is 0. The number of benzene rings is 1. The van der Waals surface area contributed by atoms with Crippen molar-refractivity contribution in [3.05, 3.63) is 33.5 Å². The van der Waals surface area contributed by atoms with E-state index in [-0.39, 0.29) is 5.82 Å². The fraction of sp³-hybridized carbons (Fsp3) is 0.250. The van der Waals surface area contributed by atoms with Gasteiger partial charge in [-0.2, -0.15) is 0 Å². The average molecular weight is 203 g/mol. The van der Waals surface area contributed by atoms with E-state index in [9.17, 15) is 4.39 Å². The Hall–Kier alpha value is -0.370. The van der Waals surface area contributed by atoms with E-state index in [1.54, 1.807) is 26.0 Å². The first kappa shape index (κ1) is 7.73. The summed E-state index contributed by atoms with van der Waals surface area (Å²) in [5.41, 5.74) is 1.37. The van der Waals surface area contributed by atoms with Gasteiger partial charge in [0.2, 0.25) is 0 Å². The van der Waals surface area contributed by atoms with Gasteiger partial charge in [0.25, 0.3) is 0 Å². The van der Waals surface area contributed by atoms with Crippen molar-refractivity contribution >= 4 is 15.9 Å². The van der Waals surface area contributed by atoms with Gasteiger partial charge in [0.15, 0.2) is 0 Å². The van der Waals surface area contributed by atoms with Crippen LogP contribution in [0.15, 0.2) is 16.6 Å². The molecule has 1 aromatic carbocycles. The molecule has 0 spiro atoms. The highest BCUT2D eigenvalue weighted by molar-refractivity contribution is 9.10. The van der Waals surface area contributed by atoms with Gasteiger partial charge in [-0.15, -0.1) is 0 Å². The summed E-state index contributed by atoms with van der Waals surface area (Å²) in [7, 11) is 0. The molecule has 0 bridgehead atoms. The lowest BCUT2D eigenvalue weighted by Crippen LogP contribution is -1.86. The van der Waals surface area contributed by atoms with Crippen molar-refractivity contribution in [3.8, 4) is 0 Å². The molecule has 0 heterocycles. The van der Waals surface area contributed by atoms with Gasteiger partial charge in [-0.1, -0.05) is 15.9 Å². The maximum Gasteiger partial charge on any atom is 0.129 e. The highest BCUT2D eigenvalue weighted by atomic mass is 79.9. The largest absolute Gasteiger partial charge is 0.206 e. The van der Waals surface area contributed by atoms with Crippen LogP contribution in [0.3, 0.4) is 0 Å². The Balaban J connectivity index is 3.31. The predicted molar refractivity (Wildman–Crippen MR) is 43.6 cm³/mol. The van der Waals surface area contributed by atoms with Gasteiger partial charge in [-0.05, 0) is 37.1 Å². The molecule has 0 N–H and O–H groups in total. The molecule has 54 valence electrons. The van der Waals surface area contributed by atoms with E-state index < -0.39 is 0 Å². The zero-order valence-corrected chi connectivity index (χ0v) is 7.50.